The molecule has 41 heavy (non-hydrogen) atoms. The lowest BCUT2D eigenvalue weighted by molar-refractivity contribution is -0.671. The van der Waals surface area contributed by atoms with Crippen LogP contribution in [-0.4, -0.2) is 71.1 Å². The lowest BCUT2D eigenvalue weighted by atomic mass is 9.98. The highest BCUT2D eigenvalue weighted by molar-refractivity contribution is 7.21. The van der Waals surface area contributed by atoms with Crippen molar-refractivity contribution >= 4 is 32.6 Å². The average Bonchev–Trinajstić information content (AvgIpc) is 3.17. The third-order valence-electron chi connectivity index (χ3n) is 8.39. The molecule has 1 fully saturated rings. The van der Waals surface area contributed by atoms with Gasteiger partial charge in [-0.25, -0.2) is 14.5 Å². The number of nitrogen functional groups attached to an aromatic ring is 1. The van der Waals surface area contributed by atoms with Crippen LogP contribution in [0.4, 0.5) is 10.9 Å². The molecule has 0 saturated carbocycles. The molecule has 6 rings (SSSR count). The topological polar surface area (TPSA) is 87.5 Å². The van der Waals surface area contributed by atoms with Crippen LogP contribution in [0, 0.1) is 13.8 Å². The molecule has 2 aliphatic heterocycles. The van der Waals surface area contributed by atoms with Crippen LogP contribution < -0.4 is 19.9 Å². The molecule has 1 saturated heterocycles. The minimum Gasteiger partial charge on any atom is -0.490 e. The maximum absolute atomic E-state index is 6.41. The molecule has 2 aliphatic rings. The predicted octanol–water partition coefficient (Wildman–Crippen LogP) is 4.05. The van der Waals surface area contributed by atoms with Crippen molar-refractivity contribution in [2.45, 2.75) is 46.7 Å². The molecular weight excluding hydrogens is 532 g/mol. The largest absolute Gasteiger partial charge is 0.490 e. The number of thiazole rings is 1. The van der Waals surface area contributed by atoms with Gasteiger partial charge in [-0.3, -0.25) is 9.80 Å². The van der Waals surface area contributed by atoms with Crippen LogP contribution in [0.3, 0.4) is 0 Å². The number of fused-ring (bicyclic) bond motifs is 2. The molecule has 0 spiro atoms. The summed E-state index contributed by atoms with van der Waals surface area (Å²) < 4.78 is 8.75. The van der Waals surface area contributed by atoms with Crippen LogP contribution in [0.5, 0.6) is 5.75 Å². The summed E-state index contributed by atoms with van der Waals surface area (Å²) in [7, 11) is 4.39. The molecule has 0 radical (unpaired) electrons. The fraction of sp³-hybridized carbons (Fsp3) is 0.484. The summed E-state index contributed by atoms with van der Waals surface area (Å²) in [6.07, 6.45) is 1.92. The van der Waals surface area contributed by atoms with Crippen molar-refractivity contribution in [1.82, 2.24) is 24.8 Å². The van der Waals surface area contributed by atoms with Gasteiger partial charge in [-0.2, -0.15) is 0 Å². The fourth-order valence-electron chi connectivity index (χ4n) is 6.26. The molecule has 0 bridgehead atoms. The van der Waals surface area contributed by atoms with Crippen LogP contribution in [0.1, 0.15) is 48.0 Å². The second-order valence-corrected chi connectivity index (χ2v) is 12.8. The summed E-state index contributed by atoms with van der Waals surface area (Å²) in [6.45, 7) is 16.2. The summed E-state index contributed by atoms with van der Waals surface area (Å²) in [5.41, 5.74) is 13.7. The minimum atomic E-state index is 0.349. The van der Waals surface area contributed by atoms with E-state index in [4.69, 9.17) is 15.5 Å². The Morgan fingerprint density at radius 3 is 2.59 bits per heavy atom. The number of hydrogen-bond acceptors (Lipinski definition) is 9. The first-order chi connectivity index (χ1) is 19.7. The lowest BCUT2D eigenvalue weighted by Gasteiger charge is -2.32. The van der Waals surface area contributed by atoms with E-state index in [1.165, 1.54) is 28.3 Å². The molecule has 5 heterocycles. The Balaban J connectivity index is 1.38. The van der Waals surface area contributed by atoms with E-state index in [1.54, 1.807) is 0 Å². The molecule has 0 amide bonds. The third kappa shape index (κ3) is 5.48. The van der Waals surface area contributed by atoms with Gasteiger partial charge in [0.2, 0.25) is 5.82 Å². The number of pyridine rings is 1. The van der Waals surface area contributed by atoms with Crippen LogP contribution in [0.25, 0.3) is 21.5 Å². The maximum atomic E-state index is 6.41. The van der Waals surface area contributed by atoms with Gasteiger partial charge in [0.05, 0.1) is 32.2 Å². The third-order valence-corrected chi connectivity index (χ3v) is 9.20. The summed E-state index contributed by atoms with van der Waals surface area (Å²) in [4.78, 5) is 22.5. The van der Waals surface area contributed by atoms with Crippen LogP contribution in [0.15, 0.2) is 24.4 Å². The van der Waals surface area contributed by atoms with E-state index in [0.29, 0.717) is 17.7 Å². The van der Waals surface area contributed by atoms with Crippen molar-refractivity contribution in [1.29, 1.82) is 0 Å². The molecular formula is C31H41N8OS+. The first-order valence-corrected chi connectivity index (χ1v) is 15.3. The number of rotatable bonds is 5. The van der Waals surface area contributed by atoms with E-state index in [-0.39, 0.29) is 0 Å². The smallest absolute Gasteiger partial charge is 0.252 e. The second-order valence-electron chi connectivity index (χ2n) is 11.8. The first-order valence-electron chi connectivity index (χ1n) is 14.5. The first kappa shape index (κ1) is 27.8. The van der Waals surface area contributed by atoms with Gasteiger partial charge >= 0.3 is 0 Å². The van der Waals surface area contributed by atoms with Gasteiger partial charge in [-0.15, -0.1) is 4.98 Å². The second kappa shape index (κ2) is 11.2. The Morgan fingerprint density at radius 1 is 1.05 bits per heavy atom. The van der Waals surface area contributed by atoms with Crippen LogP contribution in [-0.2, 0) is 20.1 Å². The monoisotopic (exact) mass is 573 g/mol. The van der Waals surface area contributed by atoms with Gasteiger partial charge in [0, 0.05) is 43.5 Å². The maximum Gasteiger partial charge on any atom is 0.252 e. The van der Waals surface area contributed by atoms with Crippen LogP contribution >= 0.6 is 11.3 Å². The summed E-state index contributed by atoms with van der Waals surface area (Å²) in [6, 6.07) is 6.53. The van der Waals surface area contributed by atoms with Gasteiger partial charge in [-0.1, -0.05) is 25.2 Å². The van der Waals surface area contributed by atoms with Crippen molar-refractivity contribution in [3.63, 3.8) is 0 Å². The van der Waals surface area contributed by atoms with E-state index in [1.807, 2.05) is 6.20 Å². The zero-order valence-electron chi connectivity index (χ0n) is 25.1. The molecule has 10 heteroatoms. The van der Waals surface area contributed by atoms with E-state index in [0.717, 1.165) is 90.1 Å². The molecule has 216 valence electrons. The number of piperazine rings is 1. The van der Waals surface area contributed by atoms with Crippen molar-refractivity contribution in [3.8, 4) is 16.9 Å². The number of ether oxygens (including phenoxy) is 1. The van der Waals surface area contributed by atoms with Gasteiger partial charge < -0.3 is 15.4 Å². The number of likely N-dealkylation sites (N-methyl/N-ethyl adjacent to an activating group) is 1. The van der Waals surface area contributed by atoms with Gasteiger partial charge in [0.1, 0.15) is 28.4 Å². The van der Waals surface area contributed by atoms with Crippen molar-refractivity contribution < 1.29 is 9.30 Å². The molecule has 2 N–H and O–H groups in total. The molecule has 4 aromatic rings. The summed E-state index contributed by atoms with van der Waals surface area (Å²) in [5.74, 6) is 3.70. The van der Waals surface area contributed by atoms with E-state index in [9.17, 15) is 0 Å². The summed E-state index contributed by atoms with van der Waals surface area (Å²) in [5, 5.41) is 0.542. The number of anilines is 2. The van der Waals surface area contributed by atoms with Gasteiger partial charge in [0.15, 0.2) is 5.13 Å². The molecule has 0 aliphatic carbocycles. The van der Waals surface area contributed by atoms with E-state index in [2.05, 4.69) is 89.2 Å². The van der Waals surface area contributed by atoms with E-state index >= 15 is 0 Å². The number of nitrogens with zero attached hydrogens (tertiary/aromatic N) is 7. The number of aromatic nitrogens is 4. The molecule has 1 aromatic carbocycles. The Bertz CT molecular complexity index is 1590. The number of nitrogens with two attached hydrogens (primary N) is 1. The Morgan fingerprint density at radius 2 is 1.83 bits per heavy atom. The lowest BCUT2D eigenvalue weighted by Crippen LogP contribution is -2.49. The quantitative estimate of drug-likeness (QED) is 0.358. The number of aryl methyl sites for hydroxylation is 2. The normalized spacial score (nSPS) is 16.7. The fourth-order valence-corrected chi connectivity index (χ4v) is 6.91. The number of benzene rings is 1. The van der Waals surface area contributed by atoms with Gasteiger partial charge in [-0.05, 0) is 56.1 Å². The molecule has 0 unspecified atom stereocenters. The number of hydrogen-bond donors (Lipinski definition) is 1. The van der Waals surface area contributed by atoms with Crippen molar-refractivity contribution in [3.05, 3.63) is 52.6 Å². The highest BCUT2D eigenvalue weighted by Crippen LogP contribution is 2.36. The highest BCUT2D eigenvalue weighted by atomic mass is 32.1. The van der Waals surface area contributed by atoms with Gasteiger partial charge in [0.25, 0.3) is 5.82 Å². The molecule has 0 atom stereocenters. The predicted molar refractivity (Wildman–Crippen MR) is 166 cm³/mol. The van der Waals surface area contributed by atoms with Crippen molar-refractivity contribution in [2.24, 2.45) is 7.05 Å². The average molecular weight is 574 g/mol. The van der Waals surface area contributed by atoms with E-state index < -0.39 is 0 Å². The Hall–Kier alpha value is -3.34. The Kier molecular flexibility index (Phi) is 7.56. The standard InChI is InChI=1S/C31H41N8OS/c1-19(2)27-21(4)34-26(18-38-9-7-36(5)8-10-38)37(6)30(27)39-11-12-40-28-20(3)13-22(14-24(28)17-39)23-15-25-29(33-16-23)41-31(32)35-25/h13-16,19H,7-12,17-18H2,1-6H3,(H2,32,35)/q+1. The van der Waals surface area contributed by atoms with Crippen LogP contribution in [0.2, 0.25) is 0 Å². The minimum absolute atomic E-state index is 0.349. The summed E-state index contributed by atoms with van der Waals surface area (Å²) >= 11 is 1.42. The highest BCUT2D eigenvalue weighted by Gasteiger charge is 2.32. The van der Waals surface area contributed by atoms with Crippen molar-refractivity contribution in [2.75, 3.05) is 57.0 Å². The molecule has 9 nitrogen and oxygen atoms in total. The molecule has 3 aromatic heterocycles. The Labute approximate surface area is 246 Å². The SMILES string of the molecule is Cc1cc(-c2cnc3sc(N)nc3c2)cc2c1OCCN(c1c(C(C)C)c(C)nc(CN3CCN(C)CC3)[n+]1C)C2. The zero-order chi connectivity index (χ0) is 28.8. The zero-order valence-corrected chi connectivity index (χ0v) is 25.9.